The van der Waals surface area contributed by atoms with E-state index < -0.39 is 0 Å². The Morgan fingerprint density at radius 1 is 1.55 bits per heavy atom. The third kappa shape index (κ3) is 1.87. The minimum atomic E-state index is 0.157. The van der Waals surface area contributed by atoms with Gasteiger partial charge in [0.25, 0.3) is 0 Å². The molecule has 0 fully saturated rings. The van der Waals surface area contributed by atoms with Crippen LogP contribution in [0.25, 0.3) is 0 Å². The second-order valence-electron chi connectivity index (χ2n) is 2.05. The lowest BCUT2D eigenvalue weighted by Gasteiger charge is -1.95. The smallest absolute Gasteiger partial charge is 0.0773 e. The molecule has 0 amide bonds. The van der Waals surface area contributed by atoms with Crippen molar-refractivity contribution in [1.82, 2.24) is 4.98 Å². The first-order chi connectivity index (χ1) is 5.34. The molecule has 0 aliphatic carbocycles. The van der Waals surface area contributed by atoms with Gasteiger partial charge in [0.2, 0.25) is 0 Å². The van der Waals surface area contributed by atoms with Gasteiger partial charge >= 0.3 is 0 Å². The molecule has 0 saturated heterocycles. The highest BCUT2D eigenvalue weighted by atomic mass is 14.6. The van der Waals surface area contributed by atoms with E-state index in [1.165, 1.54) is 0 Å². The lowest BCUT2D eigenvalue weighted by atomic mass is 10.1. The molecule has 0 aliphatic heterocycles. The fraction of sp³-hybridized carbons (Fsp3) is 0.125. The molecule has 0 bridgehead atoms. The van der Waals surface area contributed by atoms with Crippen molar-refractivity contribution in [2.45, 2.75) is 6.42 Å². The van der Waals surface area contributed by atoms with E-state index in [-0.39, 0.29) is 6.42 Å². The van der Waals surface area contributed by atoms with Crippen LogP contribution in [-0.4, -0.2) is 10.7 Å². The van der Waals surface area contributed by atoms with E-state index in [9.17, 15) is 0 Å². The molecule has 3 heteroatoms. The van der Waals surface area contributed by atoms with Crippen molar-refractivity contribution in [3.8, 4) is 6.07 Å². The molecule has 1 N–H and O–H groups in total. The Kier molecular flexibility index (Phi) is 2.34. The summed E-state index contributed by atoms with van der Waals surface area (Å²) < 4.78 is 0. The lowest BCUT2D eigenvalue weighted by molar-refractivity contribution is 1.29. The molecule has 3 nitrogen and oxygen atoms in total. The summed E-state index contributed by atoms with van der Waals surface area (Å²) in [6.45, 7) is 0. The number of hydrogen-bond donors (Lipinski definition) is 1. The van der Waals surface area contributed by atoms with Crippen molar-refractivity contribution < 1.29 is 0 Å². The van der Waals surface area contributed by atoms with Crippen LogP contribution in [0.4, 0.5) is 0 Å². The van der Waals surface area contributed by atoms with Crippen LogP contribution in [-0.2, 0) is 0 Å². The molecule has 1 rings (SSSR count). The summed E-state index contributed by atoms with van der Waals surface area (Å²) >= 11 is 0. The van der Waals surface area contributed by atoms with Crippen LogP contribution in [0.1, 0.15) is 12.0 Å². The van der Waals surface area contributed by atoms with E-state index in [1.54, 1.807) is 24.5 Å². The van der Waals surface area contributed by atoms with Crippen molar-refractivity contribution in [3.63, 3.8) is 0 Å². The van der Waals surface area contributed by atoms with Crippen molar-refractivity contribution in [3.05, 3.63) is 30.1 Å². The molecule has 1 heterocycles. The summed E-state index contributed by atoms with van der Waals surface area (Å²) in [4.78, 5) is 3.81. The molecule has 0 saturated carbocycles. The van der Waals surface area contributed by atoms with Gasteiger partial charge in [-0.15, -0.1) is 0 Å². The fourth-order valence-corrected chi connectivity index (χ4v) is 0.734. The topological polar surface area (TPSA) is 60.5 Å². The van der Waals surface area contributed by atoms with Gasteiger partial charge in [0, 0.05) is 12.4 Å². The zero-order valence-electron chi connectivity index (χ0n) is 5.91. The predicted molar refractivity (Wildman–Crippen MR) is 41.3 cm³/mol. The highest BCUT2D eigenvalue weighted by Crippen LogP contribution is 1.99. The van der Waals surface area contributed by atoms with Gasteiger partial charge in [-0.1, -0.05) is 0 Å². The molecular weight excluding hydrogens is 138 g/mol. The zero-order valence-corrected chi connectivity index (χ0v) is 5.91. The van der Waals surface area contributed by atoms with Crippen LogP contribution in [0.3, 0.4) is 0 Å². The molecule has 54 valence electrons. The van der Waals surface area contributed by atoms with Gasteiger partial charge in [-0.05, 0) is 17.7 Å². The van der Waals surface area contributed by atoms with Crippen molar-refractivity contribution in [2.24, 2.45) is 0 Å². The van der Waals surface area contributed by atoms with Crippen LogP contribution >= 0.6 is 0 Å². The number of aromatic nitrogens is 1. The summed E-state index contributed by atoms with van der Waals surface area (Å²) in [6, 6.07) is 5.36. The largest absolute Gasteiger partial charge is 0.304 e. The number of rotatable bonds is 2. The van der Waals surface area contributed by atoms with Crippen LogP contribution in [0.2, 0.25) is 0 Å². The van der Waals surface area contributed by atoms with E-state index in [0.29, 0.717) is 5.71 Å². The van der Waals surface area contributed by atoms with Crippen LogP contribution in [0.15, 0.2) is 24.5 Å². The van der Waals surface area contributed by atoms with Gasteiger partial charge in [-0.3, -0.25) is 4.98 Å². The molecular formula is C8H7N3. The number of nitrogens with zero attached hydrogens (tertiary/aromatic N) is 2. The van der Waals surface area contributed by atoms with Crippen LogP contribution in [0, 0.1) is 16.7 Å². The van der Waals surface area contributed by atoms with E-state index >= 15 is 0 Å². The summed E-state index contributed by atoms with van der Waals surface area (Å²) in [5, 5.41) is 15.7. The third-order valence-electron chi connectivity index (χ3n) is 1.28. The SMILES string of the molecule is N#CCC(=N)c1ccncc1. The maximum absolute atomic E-state index is 8.29. The first-order valence-corrected chi connectivity index (χ1v) is 3.19. The quantitative estimate of drug-likeness (QED) is 0.639. The Morgan fingerprint density at radius 2 is 2.18 bits per heavy atom. The summed E-state index contributed by atoms with van der Waals surface area (Å²) in [7, 11) is 0. The number of nitrogens with one attached hydrogen (secondary N) is 1. The normalized spacial score (nSPS) is 8.64. The summed E-state index contributed by atoms with van der Waals surface area (Å²) in [5.74, 6) is 0. The van der Waals surface area contributed by atoms with E-state index in [1.807, 2.05) is 6.07 Å². The Labute approximate surface area is 64.8 Å². The Hall–Kier alpha value is -1.69. The average molecular weight is 145 g/mol. The summed E-state index contributed by atoms with van der Waals surface area (Å²) in [5.41, 5.74) is 1.11. The number of nitriles is 1. The molecule has 1 aromatic heterocycles. The molecule has 1 aromatic rings. The Bertz CT molecular complexity index is 284. The second-order valence-corrected chi connectivity index (χ2v) is 2.05. The molecule has 11 heavy (non-hydrogen) atoms. The standard InChI is InChI=1S/C8H7N3/c9-4-1-8(10)7-2-5-11-6-3-7/h2-3,5-6,10H,1H2. The maximum atomic E-state index is 8.29. The molecule has 0 atom stereocenters. The maximum Gasteiger partial charge on any atom is 0.0773 e. The van der Waals surface area contributed by atoms with Gasteiger partial charge in [0.05, 0.1) is 18.2 Å². The predicted octanol–water partition coefficient (Wildman–Crippen LogP) is 1.36. The molecule has 0 unspecified atom stereocenters. The molecule has 0 radical (unpaired) electrons. The van der Waals surface area contributed by atoms with Crippen LogP contribution in [0.5, 0.6) is 0 Å². The number of pyridine rings is 1. The zero-order chi connectivity index (χ0) is 8.10. The van der Waals surface area contributed by atoms with Crippen molar-refractivity contribution in [1.29, 1.82) is 10.7 Å². The van der Waals surface area contributed by atoms with E-state index in [4.69, 9.17) is 10.7 Å². The second kappa shape index (κ2) is 3.47. The highest BCUT2D eigenvalue weighted by Gasteiger charge is 1.97. The van der Waals surface area contributed by atoms with Gasteiger partial charge in [-0.25, -0.2) is 0 Å². The monoisotopic (exact) mass is 145 g/mol. The molecule has 0 spiro atoms. The minimum Gasteiger partial charge on any atom is -0.304 e. The highest BCUT2D eigenvalue weighted by molar-refractivity contribution is 5.99. The molecule has 0 aromatic carbocycles. The van der Waals surface area contributed by atoms with Gasteiger partial charge in [0.1, 0.15) is 0 Å². The van der Waals surface area contributed by atoms with E-state index in [2.05, 4.69) is 4.98 Å². The third-order valence-corrected chi connectivity index (χ3v) is 1.28. The molecule has 0 aliphatic rings. The minimum absolute atomic E-state index is 0.157. The summed E-state index contributed by atoms with van der Waals surface area (Å²) in [6.07, 6.45) is 3.38. The van der Waals surface area contributed by atoms with Crippen molar-refractivity contribution in [2.75, 3.05) is 0 Å². The van der Waals surface area contributed by atoms with Gasteiger partial charge < -0.3 is 5.41 Å². The lowest BCUT2D eigenvalue weighted by Crippen LogP contribution is -1.96. The van der Waals surface area contributed by atoms with E-state index in [0.717, 1.165) is 5.56 Å². The van der Waals surface area contributed by atoms with Gasteiger partial charge in [0.15, 0.2) is 0 Å². The van der Waals surface area contributed by atoms with Gasteiger partial charge in [-0.2, -0.15) is 5.26 Å². The Balaban J connectivity index is 2.79. The Morgan fingerprint density at radius 3 is 2.73 bits per heavy atom. The van der Waals surface area contributed by atoms with Crippen molar-refractivity contribution >= 4 is 5.71 Å². The first-order valence-electron chi connectivity index (χ1n) is 3.19. The first kappa shape index (κ1) is 7.42. The number of hydrogen-bond acceptors (Lipinski definition) is 3. The fourth-order valence-electron chi connectivity index (χ4n) is 0.734. The van der Waals surface area contributed by atoms with Crippen LogP contribution < -0.4 is 0 Å². The average Bonchev–Trinajstić information content (AvgIpc) is 2.07.